The minimum Gasteiger partial charge on any atom is -0.490 e. The standard InChI is InChI=1S/C43H45ClN8O7/c44-33-6-2-1-4-30(33)25-45-39-32-24-34(48-40(32)47-27-46-39)29-10-8-28(9-11-29)26-51-16-14-50(15-17-51)18-19-57-20-21-58-22-23-59-36-7-3-5-31-38(36)43(56)52(42(31)55)35-12-13-37(53)49-41(35)54/h1-11,24,27,35H,12-23,25-26H2,(H,49,53,54)(H2,45,46,47,48). The number of benzene rings is 3. The maximum Gasteiger partial charge on any atom is 0.266 e. The van der Waals surface area contributed by atoms with Gasteiger partial charge in [-0.25, -0.2) is 9.97 Å². The number of hydrogen-bond donors (Lipinski definition) is 3. The average molecular weight is 821 g/mol. The molecule has 0 spiro atoms. The van der Waals surface area contributed by atoms with Crippen LogP contribution in [0.25, 0.3) is 22.3 Å². The van der Waals surface area contributed by atoms with Crippen molar-refractivity contribution in [2.75, 3.05) is 71.1 Å². The molecular formula is C43H45ClN8O7. The number of ether oxygens (including phenoxy) is 3. The number of carbonyl (C=O) groups excluding carboxylic acids is 4. The van der Waals surface area contributed by atoms with Gasteiger partial charge in [0, 0.05) is 63.0 Å². The highest BCUT2D eigenvalue weighted by Gasteiger charge is 2.46. The molecule has 1 unspecified atom stereocenters. The van der Waals surface area contributed by atoms with E-state index in [-0.39, 0.29) is 42.9 Å². The van der Waals surface area contributed by atoms with Crippen molar-refractivity contribution in [2.45, 2.75) is 32.0 Å². The lowest BCUT2D eigenvalue weighted by Crippen LogP contribution is -2.54. The van der Waals surface area contributed by atoms with Gasteiger partial charge < -0.3 is 24.5 Å². The molecule has 0 bridgehead atoms. The van der Waals surface area contributed by atoms with Crippen molar-refractivity contribution in [3.8, 4) is 17.0 Å². The van der Waals surface area contributed by atoms with Crippen molar-refractivity contribution < 1.29 is 33.4 Å². The van der Waals surface area contributed by atoms with E-state index in [0.717, 1.165) is 82.9 Å². The monoisotopic (exact) mass is 820 g/mol. The van der Waals surface area contributed by atoms with Gasteiger partial charge in [-0.15, -0.1) is 0 Å². The number of aromatic amines is 1. The van der Waals surface area contributed by atoms with Crippen LogP contribution in [0.1, 0.15) is 44.7 Å². The first-order valence-electron chi connectivity index (χ1n) is 19.8. The molecule has 5 aromatic rings. The van der Waals surface area contributed by atoms with Crippen LogP contribution in [0.3, 0.4) is 0 Å². The Balaban J connectivity index is 0.704. The highest BCUT2D eigenvalue weighted by molar-refractivity contribution is 6.31. The Morgan fingerprint density at radius 2 is 1.58 bits per heavy atom. The number of rotatable bonds is 17. The number of imide groups is 2. The van der Waals surface area contributed by atoms with Gasteiger partial charge >= 0.3 is 0 Å². The van der Waals surface area contributed by atoms with Crippen LogP contribution in [0, 0.1) is 0 Å². The topological polar surface area (TPSA) is 171 Å². The van der Waals surface area contributed by atoms with Crippen molar-refractivity contribution in [1.82, 2.24) is 35.0 Å². The Kier molecular flexibility index (Phi) is 12.6. The van der Waals surface area contributed by atoms with Gasteiger partial charge in [-0.2, -0.15) is 0 Å². The number of hydrogen-bond acceptors (Lipinski definition) is 12. The molecule has 3 aromatic carbocycles. The Hall–Kier alpha value is -5.71. The highest BCUT2D eigenvalue weighted by Crippen LogP contribution is 2.34. The van der Waals surface area contributed by atoms with Crippen LogP contribution in [0.15, 0.2) is 79.1 Å². The summed E-state index contributed by atoms with van der Waals surface area (Å²) in [6, 6.07) is 22.3. The van der Waals surface area contributed by atoms with Gasteiger partial charge in [0.05, 0.1) is 42.9 Å². The zero-order valence-corrected chi connectivity index (χ0v) is 33.2. The van der Waals surface area contributed by atoms with Gasteiger partial charge in [-0.05, 0) is 47.4 Å². The second-order valence-corrected chi connectivity index (χ2v) is 15.0. The number of fused-ring (bicyclic) bond motifs is 2. The summed E-state index contributed by atoms with van der Waals surface area (Å²) < 4.78 is 17.3. The molecule has 16 heteroatoms. The number of H-pyrrole nitrogens is 1. The van der Waals surface area contributed by atoms with Crippen molar-refractivity contribution in [3.05, 3.63) is 106 Å². The number of anilines is 1. The fourth-order valence-electron chi connectivity index (χ4n) is 7.61. The van der Waals surface area contributed by atoms with Gasteiger partial charge in [0.1, 0.15) is 36.2 Å². The van der Waals surface area contributed by atoms with E-state index in [1.807, 2.05) is 24.3 Å². The van der Waals surface area contributed by atoms with Gasteiger partial charge in [0.15, 0.2) is 0 Å². The van der Waals surface area contributed by atoms with E-state index in [2.05, 4.69) is 65.7 Å². The first-order valence-corrected chi connectivity index (χ1v) is 20.2. The molecule has 2 fully saturated rings. The second-order valence-electron chi connectivity index (χ2n) is 14.6. The van der Waals surface area contributed by atoms with E-state index in [1.54, 1.807) is 18.5 Å². The average Bonchev–Trinajstić information content (AvgIpc) is 3.80. The third-order valence-electron chi connectivity index (χ3n) is 10.8. The van der Waals surface area contributed by atoms with Gasteiger partial charge in [0.2, 0.25) is 11.8 Å². The van der Waals surface area contributed by atoms with Crippen LogP contribution in [-0.4, -0.2) is 125 Å². The molecule has 59 heavy (non-hydrogen) atoms. The lowest BCUT2D eigenvalue weighted by molar-refractivity contribution is -0.136. The van der Waals surface area contributed by atoms with Gasteiger partial charge in [-0.1, -0.05) is 60.1 Å². The van der Waals surface area contributed by atoms with Crippen LogP contribution in [0.2, 0.25) is 5.02 Å². The predicted molar refractivity (Wildman–Crippen MR) is 220 cm³/mol. The predicted octanol–water partition coefficient (Wildman–Crippen LogP) is 4.52. The Bertz CT molecular complexity index is 2330. The molecule has 0 radical (unpaired) electrons. The number of aromatic nitrogens is 3. The molecule has 3 N–H and O–H groups in total. The molecule has 2 aromatic heterocycles. The minimum atomic E-state index is -1.03. The van der Waals surface area contributed by atoms with Crippen molar-refractivity contribution in [3.63, 3.8) is 0 Å². The van der Waals surface area contributed by atoms with E-state index < -0.39 is 29.7 Å². The minimum absolute atomic E-state index is 0.0580. The lowest BCUT2D eigenvalue weighted by Gasteiger charge is -2.34. The maximum atomic E-state index is 13.2. The van der Waals surface area contributed by atoms with E-state index in [4.69, 9.17) is 25.8 Å². The Morgan fingerprint density at radius 1 is 0.814 bits per heavy atom. The first-order chi connectivity index (χ1) is 28.8. The van der Waals surface area contributed by atoms with Crippen molar-refractivity contribution in [1.29, 1.82) is 0 Å². The number of nitrogens with one attached hydrogen (secondary N) is 3. The molecular weight excluding hydrogens is 776 g/mol. The smallest absolute Gasteiger partial charge is 0.266 e. The quantitative estimate of drug-likeness (QED) is 0.0887. The zero-order chi connectivity index (χ0) is 40.7. The molecule has 1 atom stereocenters. The molecule has 0 aliphatic carbocycles. The van der Waals surface area contributed by atoms with E-state index >= 15 is 0 Å². The molecule has 5 heterocycles. The molecule has 15 nitrogen and oxygen atoms in total. The van der Waals surface area contributed by atoms with Crippen LogP contribution >= 0.6 is 11.6 Å². The number of piperazine rings is 1. The summed E-state index contributed by atoms with van der Waals surface area (Å²) in [5.41, 5.74) is 5.40. The third-order valence-corrected chi connectivity index (χ3v) is 11.2. The van der Waals surface area contributed by atoms with Gasteiger partial charge in [0.25, 0.3) is 11.8 Å². The molecule has 3 aliphatic rings. The summed E-state index contributed by atoms with van der Waals surface area (Å²) in [4.78, 5) is 68.3. The summed E-state index contributed by atoms with van der Waals surface area (Å²) in [6.07, 6.45) is 1.71. The molecule has 0 saturated carbocycles. The van der Waals surface area contributed by atoms with Crippen LogP contribution < -0.4 is 15.4 Å². The van der Waals surface area contributed by atoms with E-state index in [9.17, 15) is 19.2 Å². The number of amides is 4. The zero-order valence-electron chi connectivity index (χ0n) is 32.5. The van der Waals surface area contributed by atoms with Gasteiger partial charge in [-0.3, -0.25) is 39.2 Å². The maximum absolute atomic E-state index is 13.2. The first kappa shape index (κ1) is 40.1. The van der Waals surface area contributed by atoms with E-state index in [1.165, 1.54) is 11.6 Å². The molecule has 2 saturated heterocycles. The van der Waals surface area contributed by atoms with Crippen LogP contribution in [0.5, 0.6) is 5.75 Å². The fourth-order valence-corrected chi connectivity index (χ4v) is 7.81. The lowest BCUT2D eigenvalue weighted by atomic mass is 10.0. The fraction of sp³-hybridized carbons (Fsp3) is 0.349. The van der Waals surface area contributed by atoms with Crippen molar-refractivity contribution in [2.24, 2.45) is 0 Å². The SMILES string of the molecule is O=C1CCC(N2C(=O)c3cccc(OCCOCCOCCN4CCN(Cc5ccc(-c6cc7c(NCc8ccccc8Cl)ncnc7[nH]6)cc5)CC4)c3C2=O)C(=O)N1. The molecule has 8 rings (SSSR count). The number of piperidine rings is 1. The number of nitrogens with zero attached hydrogens (tertiary/aromatic N) is 5. The molecule has 3 aliphatic heterocycles. The highest BCUT2D eigenvalue weighted by atomic mass is 35.5. The summed E-state index contributed by atoms with van der Waals surface area (Å²) >= 11 is 6.34. The summed E-state index contributed by atoms with van der Waals surface area (Å²) in [5, 5.41) is 7.25. The van der Waals surface area contributed by atoms with Crippen LogP contribution in [0.4, 0.5) is 5.82 Å². The van der Waals surface area contributed by atoms with Crippen molar-refractivity contribution >= 4 is 52.1 Å². The number of halogens is 1. The molecule has 306 valence electrons. The van der Waals surface area contributed by atoms with E-state index in [0.29, 0.717) is 26.4 Å². The van der Waals surface area contributed by atoms with Crippen LogP contribution in [-0.2, 0) is 32.2 Å². The normalized spacial score (nSPS) is 17.4. The summed E-state index contributed by atoms with van der Waals surface area (Å²) in [5.74, 6) is -1.25. The number of carbonyl (C=O) groups is 4. The summed E-state index contributed by atoms with van der Waals surface area (Å²) in [6.45, 7) is 8.07. The second kappa shape index (κ2) is 18.5. The molecule has 4 amide bonds. The Labute approximate surface area is 346 Å². The largest absolute Gasteiger partial charge is 0.490 e. The Morgan fingerprint density at radius 3 is 2.37 bits per heavy atom. The summed E-state index contributed by atoms with van der Waals surface area (Å²) in [7, 11) is 0. The third kappa shape index (κ3) is 9.29.